The molecule has 1 heterocycles. The van der Waals surface area contributed by atoms with Gasteiger partial charge < -0.3 is 10.0 Å². The molecular weight excluding hydrogens is 230 g/mol. The molecule has 1 amide bonds. The van der Waals surface area contributed by atoms with Crippen molar-refractivity contribution >= 4 is 11.7 Å². The highest BCUT2D eigenvalue weighted by molar-refractivity contribution is 5.96. The number of likely N-dealkylation sites (tertiary alicyclic amines) is 1. The van der Waals surface area contributed by atoms with E-state index in [4.69, 9.17) is 0 Å². The van der Waals surface area contributed by atoms with Gasteiger partial charge >= 0.3 is 0 Å². The van der Waals surface area contributed by atoms with Crippen LogP contribution in [0, 0.1) is 5.92 Å². The molecule has 1 aliphatic rings. The van der Waals surface area contributed by atoms with Crippen molar-refractivity contribution in [3.05, 3.63) is 29.8 Å². The molecule has 0 spiro atoms. The Balaban J connectivity index is 2.12. The molecule has 1 atom stereocenters. The van der Waals surface area contributed by atoms with Crippen LogP contribution in [0.1, 0.15) is 30.1 Å². The maximum absolute atomic E-state index is 12.2. The first-order valence-electron chi connectivity index (χ1n) is 6.23. The summed E-state index contributed by atoms with van der Waals surface area (Å²) in [5.74, 6) is 0.176. The number of benzene rings is 1. The quantitative estimate of drug-likeness (QED) is 0.867. The molecular formula is C14H17NO3. The summed E-state index contributed by atoms with van der Waals surface area (Å²) >= 11 is 0. The summed E-state index contributed by atoms with van der Waals surface area (Å²) in [7, 11) is 0. The number of carbonyl (C=O) groups excluding carboxylic acids is 2. The fourth-order valence-corrected chi connectivity index (χ4v) is 2.27. The number of hydrogen-bond donors (Lipinski definition) is 1. The number of amides is 1. The van der Waals surface area contributed by atoms with E-state index in [1.54, 1.807) is 17.0 Å². The second kappa shape index (κ2) is 5.21. The van der Waals surface area contributed by atoms with E-state index < -0.39 is 0 Å². The second-order valence-electron chi connectivity index (χ2n) is 4.62. The van der Waals surface area contributed by atoms with Gasteiger partial charge in [-0.15, -0.1) is 0 Å². The van der Waals surface area contributed by atoms with Gasteiger partial charge in [-0.2, -0.15) is 0 Å². The predicted molar refractivity (Wildman–Crippen MR) is 67.4 cm³/mol. The maximum Gasteiger partial charge on any atom is 0.254 e. The predicted octanol–water partition coefficient (Wildman–Crippen LogP) is 1.83. The van der Waals surface area contributed by atoms with E-state index in [1.165, 1.54) is 12.1 Å². The average molecular weight is 247 g/mol. The second-order valence-corrected chi connectivity index (χ2v) is 4.62. The smallest absolute Gasteiger partial charge is 0.254 e. The Hall–Kier alpha value is -1.84. The fraction of sp³-hybridized carbons (Fsp3) is 0.429. The third-order valence-electron chi connectivity index (χ3n) is 3.40. The summed E-state index contributed by atoms with van der Waals surface area (Å²) in [6.45, 7) is 2.93. The Labute approximate surface area is 106 Å². The van der Waals surface area contributed by atoms with Gasteiger partial charge in [0, 0.05) is 31.0 Å². The zero-order valence-electron chi connectivity index (χ0n) is 10.4. The summed E-state index contributed by atoms with van der Waals surface area (Å²) in [5, 5.41) is 9.38. The molecule has 96 valence electrons. The molecule has 1 fully saturated rings. The van der Waals surface area contributed by atoms with Gasteiger partial charge in [0.05, 0.1) is 0 Å². The molecule has 0 radical (unpaired) electrons. The lowest BCUT2D eigenvalue weighted by molar-refractivity contribution is -0.125. The van der Waals surface area contributed by atoms with Crippen molar-refractivity contribution in [2.45, 2.75) is 19.8 Å². The van der Waals surface area contributed by atoms with Crippen molar-refractivity contribution in [1.29, 1.82) is 0 Å². The molecule has 0 aromatic heterocycles. The van der Waals surface area contributed by atoms with Crippen molar-refractivity contribution in [3.63, 3.8) is 0 Å². The number of Topliss-reactive ketones (excluding diaryl/α,β-unsaturated/α-hetero) is 1. The number of aromatic hydroxyl groups is 1. The van der Waals surface area contributed by atoms with Gasteiger partial charge in [0.15, 0.2) is 0 Å². The van der Waals surface area contributed by atoms with E-state index in [9.17, 15) is 14.7 Å². The third kappa shape index (κ3) is 2.53. The molecule has 1 N–H and O–H groups in total. The highest BCUT2D eigenvalue weighted by atomic mass is 16.3. The Morgan fingerprint density at radius 2 is 2.28 bits per heavy atom. The van der Waals surface area contributed by atoms with Crippen LogP contribution in [-0.2, 0) is 4.79 Å². The first-order valence-corrected chi connectivity index (χ1v) is 6.23. The van der Waals surface area contributed by atoms with Gasteiger partial charge in [0.1, 0.15) is 11.5 Å². The number of rotatable bonds is 2. The largest absolute Gasteiger partial charge is 0.508 e. The van der Waals surface area contributed by atoms with E-state index in [0.29, 0.717) is 25.1 Å². The van der Waals surface area contributed by atoms with Crippen LogP contribution in [0.25, 0.3) is 0 Å². The number of nitrogens with zero attached hydrogens (tertiary/aromatic N) is 1. The normalized spacial score (nSPS) is 19.9. The molecule has 0 bridgehead atoms. The molecule has 1 unspecified atom stereocenters. The van der Waals surface area contributed by atoms with Gasteiger partial charge in [-0.3, -0.25) is 9.59 Å². The molecule has 4 nitrogen and oxygen atoms in total. The van der Waals surface area contributed by atoms with Crippen LogP contribution in [0.3, 0.4) is 0 Å². The fourth-order valence-electron chi connectivity index (χ4n) is 2.27. The molecule has 1 aromatic rings. The monoisotopic (exact) mass is 247 g/mol. The highest BCUT2D eigenvalue weighted by Crippen LogP contribution is 2.19. The van der Waals surface area contributed by atoms with Gasteiger partial charge in [0.25, 0.3) is 5.91 Å². The lowest BCUT2D eigenvalue weighted by Crippen LogP contribution is -2.43. The van der Waals surface area contributed by atoms with E-state index in [0.717, 1.165) is 6.42 Å². The molecule has 0 aliphatic carbocycles. The summed E-state index contributed by atoms with van der Waals surface area (Å²) in [6, 6.07) is 6.32. The zero-order chi connectivity index (χ0) is 13.1. The van der Waals surface area contributed by atoms with Gasteiger partial charge in [-0.05, 0) is 24.6 Å². The molecule has 2 rings (SSSR count). The van der Waals surface area contributed by atoms with E-state index in [2.05, 4.69) is 0 Å². The minimum absolute atomic E-state index is 0.0417. The Bertz CT molecular complexity index is 470. The number of hydrogen-bond acceptors (Lipinski definition) is 3. The van der Waals surface area contributed by atoms with Crippen LogP contribution in [-0.4, -0.2) is 34.8 Å². The molecule has 0 saturated carbocycles. The first kappa shape index (κ1) is 12.6. The third-order valence-corrected chi connectivity index (χ3v) is 3.40. The summed E-state index contributed by atoms with van der Waals surface area (Å²) in [6.07, 6.45) is 1.20. The molecule has 18 heavy (non-hydrogen) atoms. The first-order chi connectivity index (χ1) is 8.61. The van der Waals surface area contributed by atoms with Crippen LogP contribution in [0.15, 0.2) is 24.3 Å². The topological polar surface area (TPSA) is 57.6 Å². The van der Waals surface area contributed by atoms with Gasteiger partial charge in [0.2, 0.25) is 0 Å². The van der Waals surface area contributed by atoms with Crippen molar-refractivity contribution < 1.29 is 14.7 Å². The van der Waals surface area contributed by atoms with Crippen LogP contribution < -0.4 is 0 Å². The Morgan fingerprint density at radius 3 is 2.94 bits per heavy atom. The number of phenols is 1. The number of phenolic OH excluding ortho intramolecular Hbond substituents is 1. The van der Waals surface area contributed by atoms with Crippen LogP contribution in [0.2, 0.25) is 0 Å². The number of ketones is 1. The average Bonchev–Trinajstić information content (AvgIpc) is 2.38. The van der Waals surface area contributed by atoms with E-state index in [1.807, 2.05) is 6.92 Å². The molecule has 4 heteroatoms. The molecule has 1 saturated heterocycles. The minimum atomic E-state index is -0.114. The van der Waals surface area contributed by atoms with Gasteiger partial charge in [-0.1, -0.05) is 13.0 Å². The zero-order valence-corrected chi connectivity index (χ0v) is 10.4. The lowest BCUT2D eigenvalue weighted by atomic mass is 9.93. The van der Waals surface area contributed by atoms with E-state index in [-0.39, 0.29) is 23.4 Å². The van der Waals surface area contributed by atoms with E-state index >= 15 is 0 Å². The Kier molecular flexibility index (Phi) is 3.65. The number of carbonyl (C=O) groups is 2. The molecule has 1 aromatic carbocycles. The van der Waals surface area contributed by atoms with Crippen molar-refractivity contribution in [1.82, 2.24) is 4.90 Å². The standard InChI is InChI=1S/C14H17NO3/c1-2-10-9-15(7-6-13(10)17)14(18)11-4-3-5-12(16)8-11/h3-5,8,10,16H,2,6-7,9H2,1H3. The number of piperidine rings is 1. The van der Waals surface area contributed by atoms with Gasteiger partial charge in [-0.25, -0.2) is 0 Å². The SMILES string of the molecule is CCC1CN(C(=O)c2cccc(O)c2)CCC1=O. The van der Waals surface area contributed by atoms with Crippen molar-refractivity contribution in [2.75, 3.05) is 13.1 Å². The van der Waals surface area contributed by atoms with Crippen LogP contribution in [0.5, 0.6) is 5.75 Å². The molecule has 1 aliphatic heterocycles. The summed E-state index contributed by atoms with van der Waals surface area (Å²) in [5.41, 5.74) is 0.471. The highest BCUT2D eigenvalue weighted by Gasteiger charge is 2.28. The maximum atomic E-state index is 12.2. The lowest BCUT2D eigenvalue weighted by Gasteiger charge is -2.31. The van der Waals surface area contributed by atoms with Crippen molar-refractivity contribution in [2.24, 2.45) is 5.92 Å². The van der Waals surface area contributed by atoms with Crippen molar-refractivity contribution in [3.8, 4) is 5.75 Å². The summed E-state index contributed by atoms with van der Waals surface area (Å²) in [4.78, 5) is 25.5. The van der Waals surface area contributed by atoms with Crippen LogP contribution >= 0.6 is 0 Å². The Morgan fingerprint density at radius 1 is 1.50 bits per heavy atom. The summed E-state index contributed by atoms with van der Waals surface area (Å²) < 4.78 is 0. The van der Waals surface area contributed by atoms with Crippen LogP contribution in [0.4, 0.5) is 0 Å². The minimum Gasteiger partial charge on any atom is -0.508 e.